The van der Waals surface area contributed by atoms with Crippen LogP contribution in [0.15, 0.2) is 66.0 Å². The minimum absolute atomic E-state index is 0. The molecule has 0 N–H and O–H groups in total. The van der Waals surface area contributed by atoms with Crippen LogP contribution in [0.4, 0.5) is 4.39 Å². The number of fused-ring (bicyclic) bond motifs is 1. The zero-order valence-electron chi connectivity index (χ0n) is 20.7. The predicted octanol–water partition coefficient (Wildman–Crippen LogP) is 7.69. The first kappa shape index (κ1) is 24.4. The summed E-state index contributed by atoms with van der Waals surface area (Å²) >= 11 is 1.65. The van der Waals surface area contributed by atoms with Gasteiger partial charge >= 0.3 is 0 Å². The highest BCUT2D eigenvalue weighted by atomic mass is 32.1. The van der Waals surface area contributed by atoms with Crippen molar-refractivity contribution in [2.45, 2.75) is 57.3 Å². The maximum absolute atomic E-state index is 13.1. The molecule has 1 fully saturated rings. The Bertz CT molecular complexity index is 1090. The van der Waals surface area contributed by atoms with Crippen LogP contribution in [0.1, 0.15) is 67.4 Å². The molecule has 0 saturated carbocycles. The van der Waals surface area contributed by atoms with Crippen LogP contribution in [0.5, 0.6) is 0 Å². The first-order valence-corrected chi connectivity index (χ1v) is 14.2. The molecule has 2 aromatic carbocycles. The second-order valence-corrected chi connectivity index (χ2v) is 11.2. The average Bonchev–Trinajstić information content (AvgIpc) is 3.34. The first-order chi connectivity index (χ1) is 17.2. The Balaban J connectivity index is 0.00000304. The predicted molar refractivity (Wildman–Crippen MR) is 147 cm³/mol. The van der Waals surface area contributed by atoms with E-state index < -0.39 is 0 Å². The van der Waals surface area contributed by atoms with E-state index in [1.54, 1.807) is 34.6 Å². The topological polar surface area (TPSA) is 16.1 Å². The minimum Gasteiger partial charge on any atom is -0.303 e. The van der Waals surface area contributed by atoms with Gasteiger partial charge in [-0.05, 0) is 111 Å². The van der Waals surface area contributed by atoms with Crippen LogP contribution >= 0.6 is 11.3 Å². The molecule has 35 heavy (non-hydrogen) atoms. The third kappa shape index (κ3) is 6.29. The number of halogens is 1. The van der Waals surface area contributed by atoms with Gasteiger partial charge in [0.1, 0.15) is 5.82 Å². The number of nitrogens with zero attached hydrogens (tertiary/aromatic N) is 2. The summed E-state index contributed by atoms with van der Waals surface area (Å²) in [7, 11) is 0. The number of rotatable bonds is 8. The van der Waals surface area contributed by atoms with Crippen molar-refractivity contribution in [1.29, 1.82) is 0 Å². The molecule has 2 atom stereocenters. The van der Waals surface area contributed by atoms with Gasteiger partial charge in [-0.2, -0.15) is 0 Å². The van der Waals surface area contributed by atoms with Crippen molar-refractivity contribution in [1.82, 2.24) is 9.88 Å². The number of allylic oxidation sites excluding steroid dienone is 1. The lowest BCUT2D eigenvalue weighted by Gasteiger charge is -2.33. The number of aryl methyl sites for hydroxylation is 2. The van der Waals surface area contributed by atoms with Crippen LogP contribution in [0, 0.1) is 17.7 Å². The van der Waals surface area contributed by atoms with Crippen LogP contribution in [0.25, 0.3) is 0 Å². The molecule has 0 spiro atoms. The van der Waals surface area contributed by atoms with Crippen molar-refractivity contribution in [3.63, 3.8) is 0 Å². The normalized spacial score (nSPS) is 20.2. The standard InChI is InChI=1S/C31H37FN2S.H2/c1-2-30(31-21-35-22-33-31)28-10-9-26-7-3-24(4-8-27(26)20-28)19-25-14-17-34(18-15-25)16-13-23-5-11-29(32)12-6-23;/h2,5-6,9-12,20-22,24-25,30H,1,3-4,7-8,13-19H2;1H/t24-,30?;/m0./s1. The lowest BCUT2D eigenvalue weighted by molar-refractivity contribution is 0.165. The Kier molecular flexibility index (Phi) is 8.10. The molecule has 4 heteroatoms. The molecule has 2 nitrogen and oxygen atoms in total. The van der Waals surface area contributed by atoms with Gasteiger partial charge in [0.15, 0.2) is 0 Å². The van der Waals surface area contributed by atoms with E-state index in [2.05, 4.69) is 40.0 Å². The van der Waals surface area contributed by atoms with Gasteiger partial charge in [-0.25, -0.2) is 9.37 Å². The maximum atomic E-state index is 13.1. The van der Waals surface area contributed by atoms with E-state index in [1.165, 1.54) is 69.2 Å². The van der Waals surface area contributed by atoms with Crippen LogP contribution < -0.4 is 0 Å². The Hall–Kier alpha value is -2.30. The summed E-state index contributed by atoms with van der Waals surface area (Å²) in [5.74, 6) is 1.76. The molecule has 3 aromatic rings. The molecule has 186 valence electrons. The van der Waals surface area contributed by atoms with E-state index >= 15 is 0 Å². The molecular formula is C31H39FN2S. The largest absolute Gasteiger partial charge is 0.303 e. The zero-order valence-corrected chi connectivity index (χ0v) is 21.5. The van der Waals surface area contributed by atoms with Gasteiger partial charge in [0, 0.05) is 19.3 Å². The van der Waals surface area contributed by atoms with Crippen LogP contribution in [0.3, 0.4) is 0 Å². The second-order valence-electron chi connectivity index (χ2n) is 10.5. The molecule has 0 amide bonds. The number of thiazole rings is 1. The smallest absolute Gasteiger partial charge is 0.123 e. The number of hydrogen-bond acceptors (Lipinski definition) is 3. The summed E-state index contributed by atoms with van der Waals surface area (Å²) in [5.41, 5.74) is 8.68. The van der Waals surface area contributed by atoms with Crippen molar-refractivity contribution in [3.8, 4) is 0 Å². The van der Waals surface area contributed by atoms with E-state index in [-0.39, 0.29) is 13.2 Å². The van der Waals surface area contributed by atoms with E-state index in [0.29, 0.717) is 0 Å². The Morgan fingerprint density at radius 1 is 1.03 bits per heavy atom. The highest BCUT2D eigenvalue weighted by Gasteiger charge is 2.24. The molecular weight excluding hydrogens is 451 g/mol. The molecule has 1 aliphatic heterocycles. The van der Waals surface area contributed by atoms with Gasteiger partial charge in [0.25, 0.3) is 0 Å². The monoisotopic (exact) mass is 490 g/mol. The molecule has 1 aromatic heterocycles. The number of aromatic nitrogens is 1. The lowest BCUT2D eigenvalue weighted by Crippen LogP contribution is -2.35. The highest BCUT2D eigenvalue weighted by molar-refractivity contribution is 7.07. The SMILES string of the molecule is C=CC(c1ccc2c(c1)CC[C@@H](CC1CCN(CCc3ccc(F)cc3)CC1)CC2)c1cscn1.[HH]. The van der Waals surface area contributed by atoms with Crippen LogP contribution in [-0.4, -0.2) is 29.5 Å². The van der Waals surface area contributed by atoms with E-state index in [0.717, 1.165) is 30.5 Å². The lowest BCUT2D eigenvalue weighted by atomic mass is 9.83. The molecule has 1 aliphatic carbocycles. The number of likely N-dealkylation sites (tertiary alicyclic amines) is 1. The number of benzene rings is 2. The van der Waals surface area contributed by atoms with Gasteiger partial charge < -0.3 is 4.90 Å². The third-order valence-corrected chi connectivity index (χ3v) is 8.85. The summed E-state index contributed by atoms with van der Waals surface area (Å²) in [4.78, 5) is 7.14. The molecule has 2 heterocycles. The zero-order chi connectivity index (χ0) is 24.0. The molecule has 0 bridgehead atoms. The van der Waals surface area contributed by atoms with E-state index in [9.17, 15) is 4.39 Å². The molecule has 5 rings (SSSR count). The van der Waals surface area contributed by atoms with Crippen molar-refractivity contribution in [3.05, 3.63) is 99.8 Å². The number of hydrogen-bond donors (Lipinski definition) is 0. The fraction of sp³-hybridized carbons (Fsp3) is 0.452. The third-order valence-electron chi connectivity index (χ3n) is 8.24. The minimum atomic E-state index is -0.145. The van der Waals surface area contributed by atoms with Crippen molar-refractivity contribution in [2.24, 2.45) is 11.8 Å². The first-order valence-electron chi connectivity index (χ1n) is 13.3. The molecule has 0 radical (unpaired) electrons. The Labute approximate surface area is 215 Å². The van der Waals surface area contributed by atoms with Gasteiger partial charge in [0.2, 0.25) is 0 Å². The van der Waals surface area contributed by atoms with Crippen molar-refractivity contribution >= 4 is 11.3 Å². The van der Waals surface area contributed by atoms with E-state index in [1.807, 2.05) is 23.7 Å². The average molecular weight is 491 g/mol. The van der Waals surface area contributed by atoms with Gasteiger partial charge in [0.05, 0.1) is 11.2 Å². The van der Waals surface area contributed by atoms with Crippen LogP contribution in [-0.2, 0) is 19.3 Å². The van der Waals surface area contributed by atoms with Crippen molar-refractivity contribution in [2.75, 3.05) is 19.6 Å². The van der Waals surface area contributed by atoms with Crippen molar-refractivity contribution < 1.29 is 5.82 Å². The van der Waals surface area contributed by atoms with Gasteiger partial charge in [-0.1, -0.05) is 36.4 Å². The van der Waals surface area contributed by atoms with E-state index in [4.69, 9.17) is 0 Å². The second kappa shape index (κ2) is 11.6. The van der Waals surface area contributed by atoms with Gasteiger partial charge in [-0.15, -0.1) is 17.9 Å². The van der Waals surface area contributed by atoms with Crippen LogP contribution in [0.2, 0.25) is 0 Å². The fourth-order valence-corrected chi connectivity index (χ4v) is 6.66. The summed E-state index contributed by atoms with van der Waals surface area (Å²) in [5, 5.41) is 2.14. The Morgan fingerprint density at radius 3 is 2.49 bits per heavy atom. The summed E-state index contributed by atoms with van der Waals surface area (Å²) < 4.78 is 13.1. The quantitative estimate of drug-likeness (QED) is 0.238. The molecule has 1 saturated heterocycles. The Morgan fingerprint density at radius 2 is 1.77 bits per heavy atom. The highest BCUT2D eigenvalue weighted by Crippen LogP contribution is 2.34. The molecule has 2 aliphatic rings. The summed E-state index contributed by atoms with van der Waals surface area (Å²) in [6.45, 7) is 7.59. The summed E-state index contributed by atoms with van der Waals surface area (Å²) in [6.07, 6.45) is 12.1. The molecule has 1 unspecified atom stereocenters. The van der Waals surface area contributed by atoms with Gasteiger partial charge in [-0.3, -0.25) is 0 Å². The fourth-order valence-electron chi connectivity index (χ4n) is 6.07. The number of piperidine rings is 1. The maximum Gasteiger partial charge on any atom is 0.123 e. The summed E-state index contributed by atoms with van der Waals surface area (Å²) in [6, 6.07) is 14.1.